The number of methoxy groups -OCH3 is 1. The fourth-order valence-corrected chi connectivity index (χ4v) is 11.8. The second-order valence-electron chi connectivity index (χ2n) is 16.5. The Balaban J connectivity index is 1.04. The number of hydrogen-bond donors (Lipinski definition) is 1. The Hall–Kier alpha value is -6.37. The van der Waals surface area contributed by atoms with E-state index < -0.39 is 52.7 Å². The minimum Gasteiger partial charge on any atom is -0.508 e. The Labute approximate surface area is 359 Å². The fraction of sp³-hybridized carbons (Fsp3) is 0.250. The molecular formula is C48H39ClN4O7S. The van der Waals surface area contributed by atoms with Crippen LogP contribution < -0.4 is 14.5 Å². The van der Waals surface area contributed by atoms with Crippen LogP contribution in [0.15, 0.2) is 109 Å². The topological polar surface area (TPSA) is 139 Å². The normalized spacial score (nSPS) is 24.5. The fourth-order valence-electron chi connectivity index (χ4n) is 10.5. The van der Waals surface area contributed by atoms with Crippen LogP contribution in [0.5, 0.6) is 11.5 Å². The van der Waals surface area contributed by atoms with E-state index in [4.69, 9.17) is 21.4 Å². The summed E-state index contributed by atoms with van der Waals surface area (Å²) in [5, 5.41) is 18.0. The van der Waals surface area contributed by atoms with Crippen LogP contribution in [0.4, 0.5) is 11.5 Å². The molecule has 2 aliphatic heterocycles. The third-order valence-electron chi connectivity index (χ3n) is 13.5. The van der Waals surface area contributed by atoms with Crippen molar-refractivity contribution in [3.8, 4) is 22.1 Å². The van der Waals surface area contributed by atoms with Crippen LogP contribution >= 0.6 is 22.9 Å². The molecular weight excluding hydrogens is 812 g/mol. The summed E-state index contributed by atoms with van der Waals surface area (Å²) in [6, 6.07) is 27.6. The van der Waals surface area contributed by atoms with Crippen LogP contribution in [0.25, 0.3) is 20.7 Å². The molecule has 1 N–H and O–H groups in total. The van der Waals surface area contributed by atoms with Crippen LogP contribution in [0, 0.1) is 36.0 Å². The number of phenols is 1. The van der Waals surface area contributed by atoms with Gasteiger partial charge in [0.15, 0.2) is 5.78 Å². The first-order valence-electron chi connectivity index (χ1n) is 20.1. The summed E-state index contributed by atoms with van der Waals surface area (Å²) in [7, 11) is 3.18. The molecule has 4 heterocycles. The summed E-state index contributed by atoms with van der Waals surface area (Å²) in [5.41, 5.74) is 2.47. The highest BCUT2D eigenvalue weighted by Gasteiger charge is 2.68. The molecule has 61 heavy (non-hydrogen) atoms. The number of aromatic nitrogens is 2. The van der Waals surface area contributed by atoms with Gasteiger partial charge in [-0.15, -0.1) is 11.3 Å². The van der Waals surface area contributed by atoms with Gasteiger partial charge in [0.2, 0.25) is 23.6 Å². The summed E-state index contributed by atoms with van der Waals surface area (Å²) < 4.78 is 8.39. The average molecular weight is 851 g/mol. The number of amides is 4. The number of benzene rings is 4. The van der Waals surface area contributed by atoms with Crippen molar-refractivity contribution in [2.24, 2.45) is 36.1 Å². The Morgan fingerprint density at radius 1 is 0.885 bits per heavy atom. The lowest BCUT2D eigenvalue weighted by Gasteiger charge is -2.49. The maximum Gasteiger partial charge on any atom is 0.242 e. The number of ether oxygens (including phenoxy) is 1. The van der Waals surface area contributed by atoms with Crippen molar-refractivity contribution in [2.45, 2.75) is 32.6 Å². The van der Waals surface area contributed by atoms with E-state index in [2.05, 4.69) is 0 Å². The Morgan fingerprint density at radius 2 is 1.62 bits per heavy atom. The number of halogens is 1. The van der Waals surface area contributed by atoms with Crippen LogP contribution in [0.2, 0.25) is 5.02 Å². The Kier molecular flexibility index (Phi) is 8.97. The molecule has 2 aromatic heterocycles. The molecule has 6 atom stereocenters. The van der Waals surface area contributed by atoms with Gasteiger partial charge < -0.3 is 9.84 Å². The van der Waals surface area contributed by atoms with Crippen LogP contribution in [-0.4, -0.2) is 51.4 Å². The number of anilines is 2. The molecule has 4 amide bonds. The molecule has 0 bridgehead atoms. The standard InChI is InChI=1S/C48H39ClN4O7S/c1-24-31-21-27(49)15-20-37(31)61-43(24)34-23-38(51(3)50-34)53-45(57)33-22-32-29(41(48(33,2)47(53)59)40-35(54)11-8-12-36(40)60-4)18-19-30-39(32)46(58)52(44(30)56)28-16-13-26(14-17-28)42(55)25-9-6-5-7-10-25/h5-18,20-21,23,30,32-33,39,41,54H,19,22H2,1-4H3. The molecule has 0 radical (unpaired) electrons. The molecule has 2 aliphatic carbocycles. The van der Waals surface area contributed by atoms with Crippen molar-refractivity contribution < 1.29 is 33.8 Å². The third-order valence-corrected chi connectivity index (χ3v) is 15.0. The van der Waals surface area contributed by atoms with E-state index in [-0.39, 0.29) is 30.3 Å². The molecule has 306 valence electrons. The van der Waals surface area contributed by atoms with Crippen molar-refractivity contribution >= 4 is 73.9 Å². The van der Waals surface area contributed by atoms with Crippen molar-refractivity contribution in [1.82, 2.24) is 9.78 Å². The number of fused-ring (bicyclic) bond motifs is 5. The lowest BCUT2D eigenvalue weighted by Crippen LogP contribution is -2.49. The predicted molar refractivity (Wildman–Crippen MR) is 232 cm³/mol. The summed E-state index contributed by atoms with van der Waals surface area (Å²) in [5.74, 6) is -5.39. The monoisotopic (exact) mass is 850 g/mol. The molecule has 1 saturated carbocycles. The van der Waals surface area contributed by atoms with E-state index in [1.54, 1.807) is 92.0 Å². The first kappa shape index (κ1) is 38.8. The second kappa shape index (κ2) is 14.1. The number of rotatable bonds is 7. The first-order valence-corrected chi connectivity index (χ1v) is 21.3. The smallest absolute Gasteiger partial charge is 0.242 e. The van der Waals surface area contributed by atoms with Crippen molar-refractivity contribution in [1.29, 1.82) is 0 Å². The van der Waals surface area contributed by atoms with Crippen LogP contribution in [-0.2, 0) is 26.2 Å². The van der Waals surface area contributed by atoms with E-state index >= 15 is 9.59 Å². The van der Waals surface area contributed by atoms with Crippen molar-refractivity contribution in [3.63, 3.8) is 0 Å². The predicted octanol–water partition coefficient (Wildman–Crippen LogP) is 8.64. The Morgan fingerprint density at radius 3 is 2.36 bits per heavy atom. The number of aromatic hydroxyl groups is 1. The number of carbonyl (C=O) groups is 5. The second-order valence-corrected chi connectivity index (χ2v) is 18.0. The number of imide groups is 2. The molecule has 6 unspecified atom stereocenters. The van der Waals surface area contributed by atoms with Crippen LogP contribution in [0.3, 0.4) is 0 Å². The summed E-state index contributed by atoms with van der Waals surface area (Å²) >= 11 is 7.88. The maximum absolute atomic E-state index is 15.3. The highest BCUT2D eigenvalue weighted by atomic mass is 35.5. The van der Waals surface area contributed by atoms with Gasteiger partial charge in [0.05, 0.1) is 40.8 Å². The zero-order chi connectivity index (χ0) is 42.6. The summed E-state index contributed by atoms with van der Waals surface area (Å²) in [4.78, 5) is 75.8. The maximum atomic E-state index is 15.3. The Bertz CT molecular complexity index is 2920. The van der Waals surface area contributed by atoms with Gasteiger partial charge in [0.25, 0.3) is 0 Å². The molecule has 4 aromatic carbocycles. The zero-order valence-corrected chi connectivity index (χ0v) is 35.2. The van der Waals surface area contributed by atoms with Gasteiger partial charge in [-0.05, 0) is 98.2 Å². The summed E-state index contributed by atoms with van der Waals surface area (Å²) in [6.45, 7) is 3.76. The van der Waals surface area contributed by atoms with Gasteiger partial charge in [0.1, 0.15) is 23.0 Å². The van der Waals surface area contributed by atoms with Gasteiger partial charge in [-0.3, -0.25) is 33.6 Å². The number of aryl methyl sites for hydroxylation is 2. The van der Waals surface area contributed by atoms with E-state index in [0.717, 1.165) is 20.5 Å². The molecule has 0 spiro atoms. The summed E-state index contributed by atoms with van der Waals surface area (Å²) in [6.07, 6.45) is 2.26. The molecule has 3 fully saturated rings. The minimum atomic E-state index is -1.43. The van der Waals surface area contributed by atoms with E-state index in [1.165, 1.54) is 27.7 Å². The van der Waals surface area contributed by atoms with Gasteiger partial charge in [-0.25, -0.2) is 4.90 Å². The molecule has 4 aliphatic rings. The van der Waals surface area contributed by atoms with Gasteiger partial charge in [-0.1, -0.05) is 59.6 Å². The number of hydrogen-bond acceptors (Lipinski definition) is 9. The quantitative estimate of drug-likeness (QED) is 0.0957. The largest absolute Gasteiger partial charge is 0.508 e. The minimum absolute atomic E-state index is 0.115. The number of phenolic OH excluding ortho intramolecular Hbond substituents is 1. The van der Waals surface area contributed by atoms with Crippen LogP contribution in [0.1, 0.15) is 52.7 Å². The zero-order valence-electron chi connectivity index (χ0n) is 33.6. The number of carbonyl (C=O) groups excluding carboxylic acids is 5. The lowest BCUT2D eigenvalue weighted by atomic mass is 9.51. The van der Waals surface area contributed by atoms with E-state index in [9.17, 15) is 19.5 Å². The molecule has 11 nitrogen and oxygen atoms in total. The van der Waals surface area contributed by atoms with Gasteiger partial charge >= 0.3 is 0 Å². The van der Waals surface area contributed by atoms with Gasteiger partial charge in [0, 0.05) is 45.4 Å². The van der Waals surface area contributed by atoms with E-state index in [1.807, 2.05) is 37.3 Å². The van der Waals surface area contributed by atoms with Gasteiger partial charge in [-0.2, -0.15) is 5.10 Å². The highest BCUT2D eigenvalue weighted by Crippen LogP contribution is 2.65. The van der Waals surface area contributed by atoms with Crippen molar-refractivity contribution in [3.05, 3.63) is 136 Å². The lowest BCUT2D eigenvalue weighted by molar-refractivity contribution is -0.131. The molecule has 6 aromatic rings. The SMILES string of the molecule is COc1cccc(O)c1C1C2=CCC3C(=O)N(c4ccc(C(=O)c5ccccc5)cc4)C(=O)C3C2CC2C(=O)N(c3cc(-c4sc5ccc(Cl)cc5c4C)nn3C)C(=O)C21C. The van der Waals surface area contributed by atoms with Crippen molar-refractivity contribution in [2.75, 3.05) is 16.9 Å². The average Bonchev–Trinajstić information content (AvgIpc) is 3.94. The highest BCUT2D eigenvalue weighted by molar-refractivity contribution is 7.22. The molecule has 10 rings (SSSR count). The van der Waals surface area contributed by atoms with E-state index in [0.29, 0.717) is 50.2 Å². The number of ketones is 1. The third kappa shape index (κ3) is 5.61. The number of nitrogens with zero attached hydrogens (tertiary/aromatic N) is 4. The molecule has 13 heteroatoms. The number of thiophene rings is 1. The first-order chi connectivity index (χ1) is 29.3. The molecule has 2 saturated heterocycles. The number of allylic oxidation sites excluding steroid dienone is 2.